The summed E-state index contributed by atoms with van der Waals surface area (Å²) >= 11 is 0. The van der Waals surface area contributed by atoms with Gasteiger partial charge in [0, 0.05) is 11.9 Å². The average molecular weight is 109 g/mol. The monoisotopic (exact) mass is 109 g/mol. The summed E-state index contributed by atoms with van der Waals surface area (Å²) in [5.41, 5.74) is 0.988. The quantitative estimate of drug-likeness (QED) is 0.482. The fourth-order valence-electron chi connectivity index (χ4n) is 0.428. The number of nitrogens with zero attached hydrogens (tertiary/aromatic N) is 1. The van der Waals surface area contributed by atoms with Gasteiger partial charge in [0.1, 0.15) is 0 Å². The van der Waals surface area contributed by atoms with E-state index in [0.29, 0.717) is 0 Å². The van der Waals surface area contributed by atoms with Crippen LogP contribution < -0.4 is 0 Å². The molecule has 0 rings (SSSR count). The second-order valence-electron chi connectivity index (χ2n) is 1.45. The van der Waals surface area contributed by atoms with Crippen LogP contribution in [-0.4, -0.2) is 5.71 Å². The zero-order valence-electron chi connectivity index (χ0n) is 5.39. The Balaban J connectivity index is 3.79. The van der Waals surface area contributed by atoms with E-state index < -0.39 is 0 Å². The smallest absolute Gasteiger partial charge is 0.0369 e. The molecule has 0 heterocycles. The van der Waals surface area contributed by atoms with Gasteiger partial charge in [0.15, 0.2) is 0 Å². The highest BCUT2D eigenvalue weighted by Crippen LogP contribution is 1.79. The van der Waals surface area contributed by atoms with Crippen LogP contribution >= 0.6 is 0 Å². The fourth-order valence-corrected chi connectivity index (χ4v) is 0.428. The van der Waals surface area contributed by atoms with Gasteiger partial charge in [-0.1, -0.05) is 12.7 Å². The van der Waals surface area contributed by atoms with Gasteiger partial charge in [-0.15, -0.1) is 0 Å². The van der Waals surface area contributed by atoms with E-state index in [4.69, 9.17) is 0 Å². The lowest BCUT2D eigenvalue weighted by atomic mass is 10.4. The molecule has 0 aliphatic carbocycles. The van der Waals surface area contributed by atoms with E-state index in [1.54, 1.807) is 0 Å². The van der Waals surface area contributed by atoms with Crippen molar-refractivity contribution in [3.8, 4) is 0 Å². The third kappa shape index (κ3) is 3.34. The van der Waals surface area contributed by atoms with Crippen molar-refractivity contribution < 1.29 is 0 Å². The molecule has 0 amide bonds. The van der Waals surface area contributed by atoms with Gasteiger partial charge in [0.25, 0.3) is 0 Å². The molecular weight excluding hydrogens is 98.1 g/mol. The third-order valence-corrected chi connectivity index (χ3v) is 0.703. The van der Waals surface area contributed by atoms with Crippen molar-refractivity contribution in [3.05, 3.63) is 24.9 Å². The van der Waals surface area contributed by atoms with Crippen LogP contribution in [0.3, 0.4) is 0 Å². The van der Waals surface area contributed by atoms with Gasteiger partial charge in [-0.05, 0) is 19.9 Å². The summed E-state index contributed by atoms with van der Waals surface area (Å²) in [4.78, 5) is 3.91. The topological polar surface area (TPSA) is 12.4 Å². The standard InChI is InChI=1S/C7H11N/c1-4-6-7(3)8-5-2/h4-6H,2H2,1,3H3/b6-4?,8-7-. The predicted octanol–water partition coefficient (Wildman–Crippen LogP) is 2.17. The van der Waals surface area contributed by atoms with Crippen LogP contribution in [0.2, 0.25) is 0 Å². The van der Waals surface area contributed by atoms with Gasteiger partial charge in [-0.2, -0.15) is 0 Å². The molecule has 0 saturated heterocycles. The number of allylic oxidation sites excluding steroid dienone is 2. The van der Waals surface area contributed by atoms with Gasteiger partial charge in [-0.3, -0.25) is 4.99 Å². The summed E-state index contributed by atoms with van der Waals surface area (Å²) < 4.78 is 0. The lowest BCUT2D eigenvalue weighted by Gasteiger charge is -1.82. The molecule has 0 atom stereocenters. The van der Waals surface area contributed by atoms with Crippen molar-refractivity contribution in [2.45, 2.75) is 13.8 Å². The van der Waals surface area contributed by atoms with Gasteiger partial charge < -0.3 is 0 Å². The van der Waals surface area contributed by atoms with E-state index in [-0.39, 0.29) is 0 Å². The van der Waals surface area contributed by atoms with E-state index in [9.17, 15) is 0 Å². The Hall–Kier alpha value is -0.850. The average Bonchev–Trinajstić information content (AvgIpc) is 1.68. The van der Waals surface area contributed by atoms with Crippen LogP contribution in [0.25, 0.3) is 0 Å². The minimum atomic E-state index is 0.988. The van der Waals surface area contributed by atoms with E-state index in [1.165, 1.54) is 6.20 Å². The molecule has 0 N–H and O–H groups in total. The molecular formula is C7H11N. The van der Waals surface area contributed by atoms with Crippen LogP contribution in [0.5, 0.6) is 0 Å². The second-order valence-corrected chi connectivity index (χ2v) is 1.45. The normalized spacial score (nSPS) is 12.5. The molecule has 1 heteroatoms. The summed E-state index contributed by atoms with van der Waals surface area (Å²) in [6, 6.07) is 0. The summed E-state index contributed by atoms with van der Waals surface area (Å²) in [6.45, 7) is 7.35. The molecule has 0 aliphatic rings. The van der Waals surface area contributed by atoms with Crippen LogP contribution in [0.1, 0.15) is 13.8 Å². The van der Waals surface area contributed by atoms with E-state index in [0.717, 1.165) is 5.71 Å². The first kappa shape index (κ1) is 7.15. The highest BCUT2D eigenvalue weighted by Gasteiger charge is 1.73. The molecule has 0 fully saturated rings. The molecule has 0 aromatic heterocycles. The number of hydrogen-bond donors (Lipinski definition) is 0. The maximum Gasteiger partial charge on any atom is 0.0369 e. The summed E-state index contributed by atoms with van der Waals surface area (Å²) in [6.07, 6.45) is 5.42. The largest absolute Gasteiger partial charge is 0.262 e. The molecule has 44 valence electrons. The van der Waals surface area contributed by atoms with Crippen molar-refractivity contribution >= 4 is 5.71 Å². The molecule has 0 radical (unpaired) electrons. The molecule has 0 bridgehead atoms. The molecule has 0 saturated carbocycles. The van der Waals surface area contributed by atoms with Gasteiger partial charge >= 0.3 is 0 Å². The van der Waals surface area contributed by atoms with Crippen molar-refractivity contribution in [2.75, 3.05) is 0 Å². The summed E-state index contributed by atoms with van der Waals surface area (Å²) in [7, 11) is 0. The van der Waals surface area contributed by atoms with E-state index >= 15 is 0 Å². The first-order valence-electron chi connectivity index (χ1n) is 2.59. The molecule has 1 nitrogen and oxygen atoms in total. The first-order chi connectivity index (χ1) is 3.81. The zero-order chi connectivity index (χ0) is 6.41. The van der Waals surface area contributed by atoms with Gasteiger partial charge in [0.05, 0.1) is 0 Å². The maximum atomic E-state index is 3.91. The van der Waals surface area contributed by atoms with Gasteiger partial charge in [-0.25, -0.2) is 0 Å². The van der Waals surface area contributed by atoms with Crippen molar-refractivity contribution in [1.29, 1.82) is 0 Å². The number of hydrogen-bond acceptors (Lipinski definition) is 1. The molecule has 0 aromatic rings. The van der Waals surface area contributed by atoms with E-state index in [1.807, 2.05) is 26.0 Å². The van der Waals surface area contributed by atoms with Crippen LogP contribution in [0.15, 0.2) is 29.9 Å². The Morgan fingerprint density at radius 2 is 2.25 bits per heavy atom. The van der Waals surface area contributed by atoms with Gasteiger partial charge in [0.2, 0.25) is 0 Å². The first-order valence-corrected chi connectivity index (χ1v) is 2.59. The molecule has 0 unspecified atom stereocenters. The molecule has 0 spiro atoms. The highest BCUT2D eigenvalue weighted by molar-refractivity contribution is 5.92. The second kappa shape index (κ2) is 4.31. The van der Waals surface area contributed by atoms with Crippen LogP contribution in [0.4, 0.5) is 0 Å². The lowest BCUT2D eigenvalue weighted by Crippen LogP contribution is -1.79. The SMILES string of the molecule is C=C/N=C(/C)C=CC. The van der Waals surface area contributed by atoms with Crippen molar-refractivity contribution in [3.63, 3.8) is 0 Å². The Kier molecular flexibility index (Phi) is 3.85. The minimum Gasteiger partial charge on any atom is -0.262 e. The van der Waals surface area contributed by atoms with Crippen LogP contribution in [-0.2, 0) is 0 Å². The number of aliphatic imine (C=N–C) groups is 1. The zero-order valence-corrected chi connectivity index (χ0v) is 5.39. The highest BCUT2D eigenvalue weighted by atomic mass is 14.7. The summed E-state index contributed by atoms with van der Waals surface area (Å²) in [5, 5.41) is 0. The molecule has 0 aromatic carbocycles. The Labute approximate surface area is 50.4 Å². The van der Waals surface area contributed by atoms with Crippen molar-refractivity contribution in [2.24, 2.45) is 4.99 Å². The van der Waals surface area contributed by atoms with E-state index in [2.05, 4.69) is 11.6 Å². The Morgan fingerprint density at radius 1 is 1.62 bits per heavy atom. The Morgan fingerprint density at radius 3 is 2.62 bits per heavy atom. The van der Waals surface area contributed by atoms with Crippen LogP contribution in [0, 0.1) is 0 Å². The number of rotatable bonds is 2. The predicted molar refractivity (Wildman–Crippen MR) is 38.1 cm³/mol. The summed E-state index contributed by atoms with van der Waals surface area (Å²) in [5.74, 6) is 0. The minimum absolute atomic E-state index is 0.988. The van der Waals surface area contributed by atoms with Crippen molar-refractivity contribution in [1.82, 2.24) is 0 Å². The molecule has 0 aliphatic heterocycles. The lowest BCUT2D eigenvalue weighted by molar-refractivity contribution is 1.55. The third-order valence-electron chi connectivity index (χ3n) is 0.703. The fraction of sp³-hybridized carbons (Fsp3) is 0.286. The molecule has 8 heavy (non-hydrogen) atoms. The Bertz CT molecular complexity index is 120. The maximum absolute atomic E-state index is 3.91.